The fourth-order valence-electron chi connectivity index (χ4n) is 6.96. The quantitative estimate of drug-likeness (QED) is 0.119. The van der Waals surface area contributed by atoms with Crippen LogP contribution in [0.15, 0.2) is 133 Å². The van der Waals surface area contributed by atoms with E-state index in [9.17, 15) is 0 Å². The van der Waals surface area contributed by atoms with E-state index in [0.29, 0.717) is 0 Å². The third kappa shape index (κ3) is 6.60. The summed E-state index contributed by atoms with van der Waals surface area (Å²) in [6.45, 7) is 0. The Hall–Kier alpha value is -3.60. The number of rotatable bonds is 4. The predicted molar refractivity (Wildman–Crippen MR) is 252 cm³/mol. The maximum absolute atomic E-state index is 5.41. The molecule has 4 aromatic heterocycles. The number of hydrogen-bond acceptors (Lipinski definition) is 1. The number of fused-ring (bicyclic) bond motifs is 8. The van der Waals surface area contributed by atoms with Crippen LogP contribution in [-0.4, -0.2) is 19.9 Å². The summed E-state index contributed by atoms with van der Waals surface area (Å²) in [6.07, 6.45) is 4.31. The van der Waals surface area contributed by atoms with Gasteiger partial charge in [-0.2, -0.15) is 0 Å². The Morgan fingerprint density at radius 2 is 0.712 bits per heavy atom. The van der Waals surface area contributed by atoms with E-state index in [1.807, 2.05) is 0 Å². The molecule has 0 saturated carbocycles. The van der Waals surface area contributed by atoms with Gasteiger partial charge in [0.1, 0.15) is 16.6 Å². The van der Waals surface area contributed by atoms with Gasteiger partial charge in [-0.05, 0) is 192 Å². The van der Waals surface area contributed by atoms with Crippen molar-refractivity contribution in [1.29, 1.82) is 0 Å². The van der Waals surface area contributed by atoms with Crippen LogP contribution < -0.4 is 0 Å². The van der Waals surface area contributed by atoms with E-state index in [1.54, 1.807) is 0 Å². The van der Waals surface area contributed by atoms with Crippen LogP contribution in [0, 0.1) is 14.3 Å². The van der Waals surface area contributed by atoms with Crippen LogP contribution in [0.4, 0.5) is 0 Å². The largest absolute Gasteiger partial charge is 0.354 e. The standard InChI is InChI=1S/C44H27I4N4/c45-29-9-1-25(2-10-29)41-33-17-19-35(49-33)42(26-3-11-30(46)12-4-26)37-21-23-39(51-37)44(28-7-15-32(48)16-8-28)40-24-22-38(52-40)43(36-20-18-34(41)50-36)27-5-13-31(47)14-6-27/h1-24,49-51H/q+1. The maximum Gasteiger partial charge on any atom is 0.117 e. The number of nitrogens with one attached hydrogen (secondary N) is 3. The minimum atomic E-state index is 0.913. The van der Waals surface area contributed by atoms with E-state index >= 15 is 0 Å². The van der Waals surface area contributed by atoms with Crippen molar-refractivity contribution in [2.45, 2.75) is 0 Å². The van der Waals surface area contributed by atoms with Crippen LogP contribution in [0.3, 0.4) is 0 Å². The summed E-state index contributed by atoms with van der Waals surface area (Å²) in [5, 5.41) is 0. The molecule has 0 atom stereocenters. The van der Waals surface area contributed by atoms with Crippen molar-refractivity contribution in [1.82, 2.24) is 19.9 Å². The molecule has 8 heteroatoms. The van der Waals surface area contributed by atoms with Gasteiger partial charge < -0.3 is 15.0 Å². The molecule has 3 N–H and O–H groups in total. The van der Waals surface area contributed by atoms with Crippen molar-refractivity contribution in [3.05, 3.63) is 159 Å². The third-order valence-electron chi connectivity index (χ3n) is 9.36. The Morgan fingerprint density at radius 3 is 1.17 bits per heavy atom. The monoisotopic (exact) mass is 1120 g/mol. The molecule has 5 heterocycles. The van der Waals surface area contributed by atoms with Crippen molar-refractivity contribution in [3.8, 4) is 44.5 Å². The van der Waals surface area contributed by atoms with Gasteiger partial charge in [0, 0.05) is 66.3 Å². The lowest BCUT2D eigenvalue weighted by Gasteiger charge is -2.06. The number of hydrogen-bond donors (Lipinski definition) is 3. The minimum absolute atomic E-state index is 0.913. The van der Waals surface area contributed by atoms with Crippen LogP contribution in [0.1, 0.15) is 11.4 Å². The highest BCUT2D eigenvalue weighted by Gasteiger charge is 2.19. The van der Waals surface area contributed by atoms with Gasteiger partial charge in [-0.3, -0.25) is 0 Å². The number of halogens is 4. The molecule has 1 aliphatic heterocycles. The van der Waals surface area contributed by atoms with E-state index in [-0.39, 0.29) is 0 Å². The van der Waals surface area contributed by atoms with Crippen molar-refractivity contribution < 1.29 is 0 Å². The Bertz CT molecular complexity index is 2610. The van der Waals surface area contributed by atoms with E-state index in [0.717, 1.165) is 89.0 Å². The van der Waals surface area contributed by atoms with Gasteiger partial charge in [0.2, 0.25) is 0 Å². The first-order valence-electron chi connectivity index (χ1n) is 16.6. The minimum Gasteiger partial charge on any atom is -0.354 e. The normalized spacial score (nSPS) is 11.8. The molecule has 0 spiro atoms. The molecule has 1 aliphatic rings. The molecule has 52 heavy (non-hydrogen) atoms. The molecule has 0 fully saturated rings. The molecule has 4 aromatic carbocycles. The fraction of sp³-hybridized carbons (Fsp3) is 0. The molecule has 0 aliphatic carbocycles. The van der Waals surface area contributed by atoms with E-state index in [1.165, 1.54) is 14.3 Å². The average molecular weight is 1120 g/mol. The fourth-order valence-corrected chi connectivity index (χ4v) is 8.40. The molecule has 0 unspecified atom stereocenters. The summed E-state index contributed by atoms with van der Waals surface area (Å²) in [6, 6.07) is 48.0. The van der Waals surface area contributed by atoms with Crippen molar-refractivity contribution >= 4 is 136 Å². The first-order valence-corrected chi connectivity index (χ1v) is 20.9. The van der Waals surface area contributed by atoms with Gasteiger partial charge in [0.05, 0.1) is 28.0 Å². The van der Waals surface area contributed by atoms with E-state index in [4.69, 9.17) is 4.98 Å². The second-order valence-electron chi connectivity index (χ2n) is 12.6. The molecule has 0 saturated heterocycles. The van der Waals surface area contributed by atoms with Crippen molar-refractivity contribution in [2.75, 3.05) is 0 Å². The molecular weight excluding hydrogens is 1090 g/mol. The van der Waals surface area contributed by atoms with Crippen LogP contribution >= 0.6 is 90.4 Å². The number of aromatic amines is 3. The Balaban J connectivity index is 1.47. The highest BCUT2D eigenvalue weighted by atomic mass is 127. The van der Waals surface area contributed by atoms with Gasteiger partial charge in [-0.1, -0.05) is 36.4 Å². The highest BCUT2D eigenvalue weighted by Crippen LogP contribution is 2.38. The van der Waals surface area contributed by atoms with Gasteiger partial charge in [-0.15, -0.1) is 0 Å². The van der Waals surface area contributed by atoms with Gasteiger partial charge in [0.25, 0.3) is 0 Å². The molecule has 8 aromatic rings. The Morgan fingerprint density at radius 1 is 0.365 bits per heavy atom. The first-order chi connectivity index (χ1) is 25.4. The zero-order valence-electron chi connectivity index (χ0n) is 27.3. The Kier molecular flexibility index (Phi) is 9.42. The number of aromatic nitrogens is 4. The zero-order chi connectivity index (χ0) is 35.3. The average Bonchev–Trinajstić information content (AvgIpc) is 3.99. The smallest absolute Gasteiger partial charge is 0.117 e. The van der Waals surface area contributed by atoms with Crippen LogP contribution in [0.25, 0.3) is 89.8 Å². The van der Waals surface area contributed by atoms with Crippen molar-refractivity contribution in [2.24, 2.45) is 0 Å². The lowest BCUT2D eigenvalue weighted by Crippen LogP contribution is -1.89. The van der Waals surface area contributed by atoms with Crippen LogP contribution in [-0.2, 0) is 0 Å². The number of benzene rings is 4. The Labute approximate surface area is 355 Å². The second kappa shape index (κ2) is 14.3. The molecule has 4 nitrogen and oxygen atoms in total. The summed E-state index contributed by atoms with van der Waals surface area (Å²) in [4.78, 5) is 17.0. The van der Waals surface area contributed by atoms with Crippen LogP contribution in [0.5, 0.6) is 0 Å². The van der Waals surface area contributed by atoms with Crippen molar-refractivity contribution in [3.63, 3.8) is 0 Å². The van der Waals surface area contributed by atoms with Gasteiger partial charge in [0.15, 0.2) is 0 Å². The van der Waals surface area contributed by atoms with E-state index in [2.05, 4.69) is 251 Å². The molecule has 8 bridgehead atoms. The predicted octanol–water partition coefficient (Wildman–Crippen LogP) is 14.1. The first kappa shape index (κ1) is 34.2. The SMILES string of the molecule is Ic1ccc(-c2c3nc(c(-c4ccc(I)cc4)c4ccc([nH]4)[c+](-c4ccc(I)cc4)c4ccc([nH]4)c(-c4ccc(I)cc4)c4ccc2[nH]4)C=C3)cc1. The molecular formula is C44H27I4N4+. The third-order valence-corrected chi connectivity index (χ3v) is 12.2. The summed E-state index contributed by atoms with van der Waals surface area (Å²) >= 11 is 9.48. The van der Waals surface area contributed by atoms with Crippen LogP contribution in [0.2, 0.25) is 0 Å². The molecule has 250 valence electrons. The molecule has 0 radical (unpaired) electrons. The van der Waals surface area contributed by atoms with Gasteiger partial charge >= 0.3 is 0 Å². The highest BCUT2D eigenvalue weighted by molar-refractivity contribution is 14.1. The second-order valence-corrected chi connectivity index (χ2v) is 17.6. The summed E-state index contributed by atoms with van der Waals surface area (Å²) in [7, 11) is 0. The molecule has 9 rings (SSSR count). The number of nitrogens with zero attached hydrogens (tertiary/aromatic N) is 1. The van der Waals surface area contributed by atoms with Gasteiger partial charge in [-0.25, -0.2) is 4.98 Å². The summed E-state index contributed by atoms with van der Waals surface area (Å²) in [5.41, 5.74) is 16.7. The van der Waals surface area contributed by atoms with E-state index < -0.39 is 0 Å². The number of H-pyrrole nitrogens is 3. The lowest BCUT2D eigenvalue weighted by atomic mass is 10.0. The lowest BCUT2D eigenvalue weighted by molar-refractivity contribution is 1.32. The maximum atomic E-state index is 5.41. The molecule has 0 amide bonds. The summed E-state index contributed by atoms with van der Waals surface area (Å²) < 4.78 is 4.77. The summed E-state index contributed by atoms with van der Waals surface area (Å²) in [5.74, 6) is 0. The topological polar surface area (TPSA) is 60.3 Å². The zero-order valence-corrected chi connectivity index (χ0v) is 35.9.